The fourth-order valence-electron chi connectivity index (χ4n) is 4.95. The van der Waals surface area contributed by atoms with E-state index in [0.29, 0.717) is 34.4 Å². The number of nitrogens with one attached hydrogen (secondary N) is 2. The Hall–Kier alpha value is -2.51. The molecular weight excluding hydrogens is 615 g/mol. The average Bonchev–Trinajstić information content (AvgIpc) is 3.60. The molecule has 0 fully saturated rings. The SMILES string of the molecule is CCN(CC)CCCC(C)n1cnc2c(=O)[nH]cnc21.CCN(CC)CCCC(C)n1cnc2c(=O)[nH]cnc21.Cl.Cl.Cl. The number of aromatic amines is 2. The van der Waals surface area contributed by atoms with Gasteiger partial charge in [0.05, 0.1) is 25.3 Å². The molecule has 4 rings (SSSR count). The van der Waals surface area contributed by atoms with E-state index in [0.717, 1.165) is 65.0 Å². The number of hydrogen-bond acceptors (Lipinski definition) is 8. The lowest BCUT2D eigenvalue weighted by Crippen LogP contribution is -2.24. The molecule has 0 bridgehead atoms. The minimum absolute atomic E-state index is 0. The summed E-state index contributed by atoms with van der Waals surface area (Å²) in [6, 6.07) is 0.592. The largest absolute Gasteiger partial charge is 0.312 e. The van der Waals surface area contributed by atoms with E-state index in [9.17, 15) is 9.59 Å². The van der Waals surface area contributed by atoms with Gasteiger partial charge in [-0.3, -0.25) is 9.59 Å². The van der Waals surface area contributed by atoms with E-state index in [1.54, 1.807) is 12.7 Å². The van der Waals surface area contributed by atoms with Crippen molar-refractivity contribution >= 4 is 59.5 Å². The molecule has 4 aromatic heterocycles. The molecule has 0 amide bonds. The van der Waals surface area contributed by atoms with Crippen molar-refractivity contribution in [3.8, 4) is 0 Å². The first-order chi connectivity index (χ1) is 19.3. The van der Waals surface area contributed by atoms with Crippen molar-refractivity contribution in [2.24, 2.45) is 0 Å². The van der Waals surface area contributed by atoms with Gasteiger partial charge in [-0.15, -0.1) is 37.2 Å². The van der Waals surface area contributed by atoms with Gasteiger partial charge in [-0.1, -0.05) is 27.7 Å². The van der Waals surface area contributed by atoms with Gasteiger partial charge >= 0.3 is 0 Å². The summed E-state index contributed by atoms with van der Waals surface area (Å²) in [5.41, 5.74) is 1.83. The van der Waals surface area contributed by atoms with Gasteiger partial charge in [0.1, 0.15) is 0 Å². The highest BCUT2D eigenvalue weighted by atomic mass is 35.5. The van der Waals surface area contributed by atoms with Crippen LogP contribution in [-0.2, 0) is 0 Å². The fraction of sp³-hybridized carbons (Fsp3) is 0.643. The van der Waals surface area contributed by atoms with Gasteiger partial charge in [0.15, 0.2) is 22.3 Å². The third kappa shape index (κ3) is 10.9. The molecule has 0 aliphatic rings. The number of H-pyrrole nitrogens is 2. The molecule has 2 atom stereocenters. The summed E-state index contributed by atoms with van der Waals surface area (Å²) in [6.07, 6.45) is 10.7. The highest BCUT2D eigenvalue weighted by Gasteiger charge is 2.14. The molecule has 2 unspecified atom stereocenters. The second-order valence-corrected chi connectivity index (χ2v) is 10.1. The highest BCUT2D eigenvalue weighted by molar-refractivity contribution is 5.86. The van der Waals surface area contributed by atoms with Crippen LogP contribution in [0.1, 0.15) is 79.3 Å². The Balaban J connectivity index is 0.000000767. The maximum Gasteiger partial charge on any atom is 0.278 e. The third-order valence-electron chi connectivity index (χ3n) is 7.66. The number of imidazole rings is 2. The van der Waals surface area contributed by atoms with Crippen LogP contribution in [0.2, 0.25) is 0 Å². The van der Waals surface area contributed by atoms with Crippen LogP contribution in [0.4, 0.5) is 0 Å². The van der Waals surface area contributed by atoms with E-state index in [1.807, 2.05) is 9.13 Å². The Morgan fingerprint density at radius 3 is 1.33 bits per heavy atom. The van der Waals surface area contributed by atoms with E-state index >= 15 is 0 Å². The van der Waals surface area contributed by atoms with Crippen LogP contribution in [0, 0.1) is 0 Å². The molecule has 12 nitrogen and oxygen atoms in total. The maximum absolute atomic E-state index is 11.6. The molecule has 0 aliphatic heterocycles. The van der Waals surface area contributed by atoms with Gasteiger partial charge in [0.2, 0.25) is 0 Å². The predicted octanol–water partition coefficient (Wildman–Crippen LogP) is 4.87. The lowest BCUT2D eigenvalue weighted by Gasteiger charge is -2.19. The van der Waals surface area contributed by atoms with Gasteiger partial charge in [-0.05, 0) is 78.8 Å². The molecule has 4 heterocycles. The number of nitrogens with zero attached hydrogens (tertiary/aromatic N) is 8. The summed E-state index contributed by atoms with van der Waals surface area (Å²) < 4.78 is 3.99. The van der Waals surface area contributed by atoms with Crippen molar-refractivity contribution in [1.29, 1.82) is 0 Å². The lowest BCUT2D eigenvalue weighted by molar-refractivity contribution is 0.288. The molecule has 15 heteroatoms. The van der Waals surface area contributed by atoms with Crippen molar-refractivity contribution in [3.63, 3.8) is 0 Å². The normalized spacial score (nSPS) is 12.3. The minimum Gasteiger partial charge on any atom is -0.312 e. The number of rotatable bonds is 14. The van der Waals surface area contributed by atoms with Gasteiger partial charge in [0, 0.05) is 12.1 Å². The Morgan fingerprint density at radius 2 is 1.00 bits per heavy atom. The summed E-state index contributed by atoms with van der Waals surface area (Å²) in [4.78, 5) is 50.0. The van der Waals surface area contributed by atoms with E-state index in [2.05, 4.69) is 81.2 Å². The minimum atomic E-state index is -0.177. The van der Waals surface area contributed by atoms with Crippen molar-refractivity contribution in [2.75, 3.05) is 39.3 Å². The zero-order valence-electron chi connectivity index (χ0n) is 26.2. The second-order valence-electron chi connectivity index (χ2n) is 10.1. The molecule has 2 N–H and O–H groups in total. The van der Waals surface area contributed by atoms with Crippen LogP contribution in [0.15, 0.2) is 34.9 Å². The molecule has 0 spiro atoms. The van der Waals surface area contributed by atoms with E-state index in [1.165, 1.54) is 12.7 Å². The van der Waals surface area contributed by atoms with Crippen molar-refractivity contribution in [2.45, 2.75) is 79.3 Å². The van der Waals surface area contributed by atoms with E-state index < -0.39 is 0 Å². The predicted molar refractivity (Wildman–Crippen MR) is 182 cm³/mol. The molecule has 0 saturated carbocycles. The molecule has 0 radical (unpaired) electrons. The summed E-state index contributed by atoms with van der Waals surface area (Å²) in [6.45, 7) is 19.6. The molecule has 244 valence electrons. The monoisotopic (exact) mass is 662 g/mol. The van der Waals surface area contributed by atoms with Crippen molar-refractivity contribution in [3.05, 3.63) is 46.0 Å². The zero-order chi connectivity index (χ0) is 29.1. The zero-order valence-corrected chi connectivity index (χ0v) is 28.6. The van der Waals surface area contributed by atoms with Crippen LogP contribution in [-0.4, -0.2) is 88.1 Å². The Kier molecular flexibility index (Phi) is 19.3. The topological polar surface area (TPSA) is 134 Å². The first kappa shape index (κ1) is 40.5. The van der Waals surface area contributed by atoms with Crippen LogP contribution < -0.4 is 11.1 Å². The number of hydrogen-bond donors (Lipinski definition) is 2. The molecule has 43 heavy (non-hydrogen) atoms. The lowest BCUT2D eigenvalue weighted by atomic mass is 10.1. The smallest absolute Gasteiger partial charge is 0.278 e. The molecule has 0 saturated heterocycles. The summed E-state index contributed by atoms with van der Waals surface area (Å²) >= 11 is 0. The van der Waals surface area contributed by atoms with Gasteiger partial charge < -0.3 is 28.9 Å². The van der Waals surface area contributed by atoms with Crippen LogP contribution in [0.25, 0.3) is 22.3 Å². The third-order valence-corrected chi connectivity index (χ3v) is 7.66. The number of fused-ring (bicyclic) bond motifs is 2. The Morgan fingerprint density at radius 1 is 0.651 bits per heavy atom. The standard InChI is InChI=1S/2C14H23N5O.3ClH/c2*1-4-18(5-2)8-6-7-11(3)19-10-17-12-13(19)15-9-16-14(12)20;;;/h2*9-11H,4-8H2,1-3H3,(H,15,16,20);3*1H. The van der Waals surface area contributed by atoms with Crippen molar-refractivity contribution in [1.82, 2.24) is 48.8 Å². The first-order valence-electron chi connectivity index (χ1n) is 14.6. The van der Waals surface area contributed by atoms with Crippen LogP contribution in [0.5, 0.6) is 0 Å². The second kappa shape index (κ2) is 20.4. The van der Waals surface area contributed by atoms with Crippen molar-refractivity contribution < 1.29 is 0 Å². The van der Waals surface area contributed by atoms with E-state index in [-0.39, 0.29) is 48.3 Å². The molecule has 0 aromatic carbocycles. The number of aromatic nitrogens is 8. The fourth-order valence-corrected chi connectivity index (χ4v) is 4.95. The average molecular weight is 664 g/mol. The first-order valence-corrected chi connectivity index (χ1v) is 14.6. The van der Waals surface area contributed by atoms with Gasteiger partial charge in [0.25, 0.3) is 11.1 Å². The number of halogens is 3. The molecular formula is C28H49Cl3N10O2. The molecule has 0 aliphatic carbocycles. The van der Waals surface area contributed by atoms with Crippen LogP contribution in [0.3, 0.4) is 0 Å². The summed E-state index contributed by atoms with van der Waals surface area (Å²) in [5, 5.41) is 0. The van der Waals surface area contributed by atoms with E-state index in [4.69, 9.17) is 0 Å². The van der Waals surface area contributed by atoms with Gasteiger partial charge in [-0.25, -0.2) is 19.9 Å². The summed E-state index contributed by atoms with van der Waals surface area (Å²) in [7, 11) is 0. The van der Waals surface area contributed by atoms with Gasteiger partial charge in [-0.2, -0.15) is 0 Å². The Bertz CT molecular complexity index is 1320. The quantitative estimate of drug-likeness (QED) is 0.195. The summed E-state index contributed by atoms with van der Waals surface area (Å²) in [5.74, 6) is 0. The Labute approximate surface area is 272 Å². The highest BCUT2D eigenvalue weighted by Crippen LogP contribution is 2.18. The van der Waals surface area contributed by atoms with Crippen LogP contribution >= 0.6 is 37.2 Å². The maximum atomic E-state index is 11.6. The molecule has 4 aromatic rings.